The number of fused-ring (bicyclic) bond motifs is 3. The highest BCUT2D eigenvalue weighted by Gasteiger charge is 2.17. The van der Waals surface area contributed by atoms with Gasteiger partial charge in [0, 0.05) is 10.8 Å². The predicted molar refractivity (Wildman–Crippen MR) is 92.3 cm³/mol. The van der Waals surface area contributed by atoms with Crippen LogP contribution < -0.4 is 18.9 Å². The van der Waals surface area contributed by atoms with Crippen LogP contribution in [0.3, 0.4) is 0 Å². The van der Waals surface area contributed by atoms with Gasteiger partial charge in [0.15, 0.2) is 23.0 Å². The van der Waals surface area contributed by atoms with Crippen LogP contribution in [0.15, 0.2) is 36.4 Å². The number of ether oxygens (including phenoxy) is 4. The molecule has 3 aromatic rings. The molecule has 0 atom stereocenters. The van der Waals surface area contributed by atoms with E-state index in [1.807, 2.05) is 31.2 Å². The Morgan fingerprint density at radius 1 is 0.652 bits per heavy atom. The second kappa shape index (κ2) is 6.24. The number of methoxy groups -OCH3 is 3. The van der Waals surface area contributed by atoms with E-state index in [1.165, 1.54) is 0 Å². The molecule has 0 saturated heterocycles. The van der Waals surface area contributed by atoms with Gasteiger partial charge in [-0.25, -0.2) is 0 Å². The maximum Gasteiger partial charge on any atom is 0.169 e. The Hall–Kier alpha value is -2.62. The number of hydrogen-bond acceptors (Lipinski definition) is 4. The lowest BCUT2D eigenvalue weighted by atomic mass is 9.99. The summed E-state index contributed by atoms with van der Waals surface area (Å²) >= 11 is 0. The van der Waals surface area contributed by atoms with E-state index < -0.39 is 0 Å². The van der Waals surface area contributed by atoms with E-state index in [0.29, 0.717) is 23.9 Å². The molecule has 0 spiro atoms. The Bertz CT molecular complexity index is 855. The first kappa shape index (κ1) is 15.3. The van der Waals surface area contributed by atoms with Crippen molar-refractivity contribution in [3.8, 4) is 23.0 Å². The monoisotopic (exact) mass is 312 g/mol. The van der Waals surface area contributed by atoms with Crippen molar-refractivity contribution in [1.29, 1.82) is 0 Å². The van der Waals surface area contributed by atoms with Crippen LogP contribution in [0.5, 0.6) is 23.0 Å². The minimum Gasteiger partial charge on any atom is -0.493 e. The van der Waals surface area contributed by atoms with Gasteiger partial charge in [0.1, 0.15) is 0 Å². The predicted octanol–water partition coefficient (Wildman–Crippen LogP) is 4.42. The topological polar surface area (TPSA) is 36.9 Å². The van der Waals surface area contributed by atoms with E-state index in [2.05, 4.69) is 12.1 Å². The van der Waals surface area contributed by atoms with Crippen LogP contribution in [0.25, 0.3) is 21.5 Å². The van der Waals surface area contributed by atoms with Gasteiger partial charge < -0.3 is 18.9 Å². The lowest BCUT2D eigenvalue weighted by molar-refractivity contribution is 0.313. The van der Waals surface area contributed by atoms with E-state index >= 15 is 0 Å². The Kier molecular flexibility index (Phi) is 4.15. The van der Waals surface area contributed by atoms with Crippen LogP contribution in [0, 0.1) is 0 Å². The van der Waals surface area contributed by atoms with Crippen LogP contribution in [0.4, 0.5) is 0 Å². The van der Waals surface area contributed by atoms with Crippen LogP contribution in [-0.2, 0) is 0 Å². The summed E-state index contributed by atoms with van der Waals surface area (Å²) in [5.41, 5.74) is 0. The standard InChI is InChI=1S/C19H20O4/c1-5-23-15-11-9-13-7-6-12-8-10-14(20-2)18(21-3)16(12)17(13)19(15)22-4/h6-11H,5H2,1-4H3. The summed E-state index contributed by atoms with van der Waals surface area (Å²) < 4.78 is 22.5. The highest BCUT2D eigenvalue weighted by atomic mass is 16.5. The molecule has 0 saturated carbocycles. The second-order valence-corrected chi connectivity index (χ2v) is 5.09. The summed E-state index contributed by atoms with van der Waals surface area (Å²) in [6.45, 7) is 2.53. The molecule has 120 valence electrons. The van der Waals surface area contributed by atoms with Crippen LogP contribution in [0.1, 0.15) is 6.92 Å². The molecule has 4 nitrogen and oxygen atoms in total. The maximum atomic E-state index is 5.72. The van der Waals surface area contributed by atoms with Crippen molar-refractivity contribution in [2.75, 3.05) is 27.9 Å². The average Bonchev–Trinajstić information content (AvgIpc) is 2.60. The summed E-state index contributed by atoms with van der Waals surface area (Å²) in [6, 6.07) is 12.0. The zero-order chi connectivity index (χ0) is 16.4. The highest BCUT2D eigenvalue weighted by Crippen LogP contribution is 2.45. The first-order chi connectivity index (χ1) is 11.2. The van der Waals surface area contributed by atoms with Crippen molar-refractivity contribution in [3.63, 3.8) is 0 Å². The van der Waals surface area contributed by atoms with E-state index in [-0.39, 0.29) is 0 Å². The van der Waals surface area contributed by atoms with E-state index in [4.69, 9.17) is 18.9 Å². The van der Waals surface area contributed by atoms with Gasteiger partial charge in [-0.2, -0.15) is 0 Å². The lowest BCUT2D eigenvalue weighted by Gasteiger charge is -2.17. The average molecular weight is 312 g/mol. The van der Waals surface area contributed by atoms with Crippen molar-refractivity contribution in [3.05, 3.63) is 36.4 Å². The normalized spacial score (nSPS) is 10.8. The summed E-state index contributed by atoms with van der Waals surface area (Å²) in [7, 11) is 4.94. The summed E-state index contributed by atoms with van der Waals surface area (Å²) in [6.07, 6.45) is 0. The van der Waals surface area contributed by atoms with Gasteiger partial charge in [-0.05, 0) is 29.8 Å². The Morgan fingerprint density at radius 2 is 1.13 bits per heavy atom. The SMILES string of the molecule is CCOc1ccc2ccc3ccc(OC)c(OC)c3c2c1OC. The first-order valence-electron chi connectivity index (χ1n) is 7.52. The molecule has 0 fully saturated rings. The van der Waals surface area contributed by atoms with E-state index in [1.54, 1.807) is 21.3 Å². The zero-order valence-electron chi connectivity index (χ0n) is 13.8. The molecule has 0 aliphatic rings. The quantitative estimate of drug-likeness (QED) is 0.654. The van der Waals surface area contributed by atoms with Crippen LogP contribution in [0.2, 0.25) is 0 Å². The lowest BCUT2D eigenvalue weighted by Crippen LogP contribution is -1.97. The highest BCUT2D eigenvalue weighted by molar-refractivity contribution is 6.15. The molecule has 0 aromatic heterocycles. The van der Waals surface area contributed by atoms with E-state index in [9.17, 15) is 0 Å². The van der Waals surface area contributed by atoms with Gasteiger partial charge in [-0.1, -0.05) is 24.3 Å². The minimum atomic E-state index is 0.576. The fraction of sp³-hybridized carbons (Fsp3) is 0.263. The minimum absolute atomic E-state index is 0.576. The van der Waals surface area contributed by atoms with Crippen molar-refractivity contribution in [2.24, 2.45) is 0 Å². The summed E-state index contributed by atoms with van der Waals surface area (Å²) in [4.78, 5) is 0. The third-order valence-corrected chi connectivity index (χ3v) is 3.93. The molecule has 0 aliphatic heterocycles. The van der Waals surface area contributed by atoms with Gasteiger partial charge in [0.25, 0.3) is 0 Å². The molecule has 0 heterocycles. The Morgan fingerprint density at radius 3 is 1.61 bits per heavy atom. The summed E-state index contributed by atoms with van der Waals surface area (Å²) in [5.74, 6) is 2.82. The van der Waals surface area contributed by atoms with Crippen LogP contribution in [-0.4, -0.2) is 27.9 Å². The molecular weight excluding hydrogens is 292 g/mol. The van der Waals surface area contributed by atoms with Gasteiger partial charge in [-0.15, -0.1) is 0 Å². The smallest absolute Gasteiger partial charge is 0.169 e. The van der Waals surface area contributed by atoms with Crippen molar-refractivity contribution >= 4 is 21.5 Å². The third kappa shape index (κ3) is 2.40. The molecule has 3 rings (SSSR count). The molecule has 3 aromatic carbocycles. The van der Waals surface area contributed by atoms with Gasteiger partial charge >= 0.3 is 0 Å². The van der Waals surface area contributed by atoms with Crippen LogP contribution >= 0.6 is 0 Å². The molecule has 0 radical (unpaired) electrons. The number of hydrogen-bond donors (Lipinski definition) is 0. The van der Waals surface area contributed by atoms with Crippen molar-refractivity contribution < 1.29 is 18.9 Å². The molecule has 23 heavy (non-hydrogen) atoms. The molecule has 4 heteroatoms. The molecular formula is C19H20O4. The first-order valence-corrected chi connectivity index (χ1v) is 7.52. The fourth-order valence-corrected chi connectivity index (χ4v) is 2.97. The molecule has 0 bridgehead atoms. The van der Waals surface area contributed by atoms with Gasteiger partial charge in [-0.3, -0.25) is 0 Å². The maximum absolute atomic E-state index is 5.72. The molecule has 0 N–H and O–H groups in total. The molecule has 0 unspecified atom stereocenters. The number of benzene rings is 3. The van der Waals surface area contributed by atoms with Gasteiger partial charge in [0.05, 0.1) is 27.9 Å². The number of rotatable bonds is 5. The second-order valence-electron chi connectivity index (χ2n) is 5.09. The van der Waals surface area contributed by atoms with E-state index in [0.717, 1.165) is 27.3 Å². The zero-order valence-corrected chi connectivity index (χ0v) is 13.8. The summed E-state index contributed by atoms with van der Waals surface area (Å²) in [5, 5.41) is 4.04. The van der Waals surface area contributed by atoms with Gasteiger partial charge in [0.2, 0.25) is 0 Å². The molecule has 0 amide bonds. The Balaban J connectivity index is 2.51. The third-order valence-electron chi connectivity index (χ3n) is 3.93. The van der Waals surface area contributed by atoms with Crippen molar-refractivity contribution in [1.82, 2.24) is 0 Å². The Labute approximate surface area is 135 Å². The van der Waals surface area contributed by atoms with Crippen molar-refractivity contribution in [2.45, 2.75) is 6.92 Å². The fourth-order valence-electron chi connectivity index (χ4n) is 2.97. The largest absolute Gasteiger partial charge is 0.493 e. The molecule has 0 aliphatic carbocycles.